The first-order chi connectivity index (χ1) is 4.16. The Morgan fingerprint density at radius 1 is 1.78 bits per heavy atom. The highest BCUT2D eigenvalue weighted by atomic mass is 35.5. The summed E-state index contributed by atoms with van der Waals surface area (Å²) in [7, 11) is 0. The van der Waals surface area contributed by atoms with Crippen molar-refractivity contribution in [2.24, 2.45) is 5.73 Å². The van der Waals surface area contributed by atoms with Gasteiger partial charge in [0, 0.05) is 18.3 Å². The predicted octanol–water partition coefficient (Wildman–Crippen LogP) is 0.417. The average molecular weight is 152 g/mol. The minimum atomic E-state index is -0.824. The van der Waals surface area contributed by atoms with Crippen molar-refractivity contribution < 1.29 is 9.90 Å². The van der Waals surface area contributed by atoms with Gasteiger partial charge in [0.2, 0.25) is 0 Å². The number of halogens is 1. The highest BCUT2D eigenvalue weighted by Crippen LogP contribution is 1.95. The maximum absolute atomic E-state index is 9.92. The van der Waals surface area contributed by atoms with Crippen LogP contribution in [0.1, 0.15) is 12.8 Å². The molecule has 0 aliphatic heterocycles. The standard InChI is InChI=1S/C5H10ClNO2/c6-3-4(7)1-2-5(8)9/h4H,1-3,7H2,(H,8,9)/t4-/m0/s1. The van der Waals surface area contributed by atoms with Crippen LogP contribution in [0.15, 0.2) is 0 Å². The van der Waals surface area contributed by atoms with Gasteiger partial charge in [-0.05, 0) is 6.42 Å². The van der Waals surface area contributed by atoms with E-state index in [1.807, 2.05) is 0 Å². The molecule has 3 N–H and O–H groups in total. The monoisotopic (exact) mass is 151 g/mol. The van der Waals surface area contributed by atoms with E-state index in [0.29, 0.717) is 12.3 Å². The van der Waals surface area contributed by atoms with E-state index in [9.17, 15) is 4.79 Å². The topological polar surface area (TPSA) is 63.3 Å². The van der Waals surface area contributed by atoms with Crippen molar-refractivity contribution in [2.75, 3.05) is 5.88 Å². The summed E-state index contributed by atoms with van der Waals surface area (Å²) in [6.07, 6.45) is 0.562. The van der Waals surface area contributed by atoms with Crippen LogP contribution in [0.2, 0.25) is 0 Å². The van der Waals surface area contributed by atoms with E-state index >= 15 is 0 Å². The van der Waals surface area contributed by atoms with E-state index in [0.717, 1.165) is 0 Å². The van der Waals surface area contributed by atoms with Gasteiger partial charge in [0.1, 0.15) is 0 Å². The number of nitrogens with two attached hydrogens (primary N) is 1. The third-order valence-electron chi connectivity index (χ3n) is 0.927. The molecular formula is C5H10ClNO2. The van der Waals surface area contributed by atoms with Crippen LogP contribution in [-0.2, 0) is 4.79 Å². The zero-order valence-electron chi connectivity index (χ0n) is 5.01. The highest BCUT2D eigenvalue weighted by molar-refractivity contribution is 6.18. The van der Waals surface area contributed by atoms with Crippen molar-refractivity contribution in [2.45, 2.75) is 18.9 Å². The average Bonchev–Trinajstić information content (AvgIpc) is 1.83. The lowest BCUT2D eigenvalue weighted by Crippen LogP contribution is -2.22. The normalized spacial score (nSPS) is 13.1. The van der Waals surface area contributed by atoms with Crippen LogP contribution in [-0.4, -0.2) is 23.0 Å². The Hall–Kier alpha value is -0.280. The van der Waals surface area contributed by atoms with Gasteiger partial charge in [-0.15, -0.1) is 11.6 Å². The Morgan fingerprint density at radius 3 is 2.67 bits per heavy atom. The summed E-state index contributed by atoms with van der Waals surface area (Å²) in [5.74, 6) is -0.497. The number of hydrogen-bond acceptors (Lipinski definition) is 2. The molecule has 0 amide bonds. The zero-order chi connectivity index (χ0) is 7.28. The summed E-state index contributed by atoms with van der Waals surface area (Å²) in [5.41, 5.74) is 5.33. The fourth-order valence-electron chi connectivity index (χ4n) is 0.386. The lowest BCUT2D eigenvalue weighted by Gasteiger charge is -2.02. The lowest BCUT2D eigenvalue weighted by atomic mass is 10.2. The maximum Gasteiger partial charge on any atom is 0.303 e. The summed E-state index contributed by atoms with van der Waals surface area (Å²) < 4.78 is 0. The minimum absolute atomic E-state index is 0.105. The molecule has 3 nitrogen and oxygen atoms in total. The van der Waals surface area contributed by atoms with E-state index in [4.69, 9.17) is 22.4 Å². The van der Waals surface area contributed by atoms with E-state index in [2.05, 4.69) is 0 Å². The van der Waals surface area contributed by atoms with Crippen LogP contribution in [0.3, 0.4) is 0 Å². The van der Waals surface area contributed by atoms with E-state index < -0.39 is 5.97 Å². The molecule has 54 valence electrons. The van der Waals surface area contributed by atoms with Gasteiger partial charge in [0.15, 0.2) is 0 Å². The van der Waals surface area contributed by atoms with Crippen molar-refractivity contribution >= 4 is 17.6 Å². The van der Waals surface area contributed by atoms with Crippen molar-refractivity contribution in [1.29, 1.82) is 0 Å². The first-order valence-electron chi connectivity index (χ1n) is 2.70. The second-order valence-corrected chi connectivity index (χ2v) is 2.16. The summed E-state index contributed by atoms with van der Waals surface area (Å²) in [6, 6.07) is -0.178. The summed E-state index contributed by atoms with van der Waals surface area (Å²) in [6.45, 7) is 0. The van der Waals surface area contributed by atoms with Gasteiger partial charge in [-0.1, -0.05) is 0 Å². The van der Waals surface area contributed by atoms with Crippen molar-refractivity contribution in [3.05, 3.63) is 0 Å². The SMILES string of the molecule is N[C@H](CCl)CCC(=O)O. The smallest absolute Gasteiger partial charge is 0.303 e. The Morgan fingerprint density at radius 2 is 2.33 bits per heavy atom. The molecule has 0 rings (SSSR count). The van der Waals surface area contributed by atoms with Crippen LogP contribution >= 0.6 is 11.6 Å². The number of carbonyl (C=O) groups is 1. The van der Waals surface area contributed by atoms with E-state index in [1.165, 1.54) is 0 Å². The number of carboxylic acids is 1. The van der Waals surface area contributed by atoms with E-state index in [1.54, 1.807) is 0 Å². The lowest BCUT2D eigenvalue weighted by molar-refractivity contribution is -0.137. The summed E-state index contributed by atoms with van der Waals surface area (Å²) >= 11 is 5.32. The van der Waals surface area contributed by atoms with Crippen LogP contribution in [0, 0.1) is 0 Å². The molecule has 0 aliphatic carbocycles. The van der Waals surface area contributed by atoms with Gasteiger partial charge in [-0.3, -0.25) is 4.79 Å². The fourth-order valence-corrected chi connectivity index (χ4v) is 0.540. The van der Waals surface area contributed by atoms with Crippen LogP contribution < -0.4 is 5.73 Å². The molecule has 0 aromatic carbocycles. The van der Waals surface area contributed by atoms with Crippen molar-refractivity contribution in [3.8, 4) is 0 Å². The predicted molar refractivity (Wildman–Crippen MR) is 35.6 cm³/mol. The molecule has 0 bridgehead atoms. The summed E-state index contributed by atoms with van der Waals surface area (Å²) in [4.78, 5) is 9.92. The maximum atomic E-state index is 9.92. The van der Waals surface area contributed by atoms with Gasteiger partial charge in [-0.25, -0.2) is 0 Å². The zero-order valence-corrected chi connectivity index (χ0v) is 5.77. The molecule has 0 radical (unpaired) electrons. The highest BCUT2D eigenvalue weighted by Gasteiger charge is 2.02. The van der Waals surface area contributed by atoms with Crippen LogP contribution in [0.4, 0.5) is 0 Å². The van der Waals surface area contributed by atoms with Gasteiger partial charge in [0.05, 0.1) is 0 Å². The Bertz CT molecular complexity index is 97.0. The van der Waals surface area contributed by atoms with E-state index in [-0.39, 0.29) is 12.5 Å². The number of rotatable bonds is 4. The molecule has 1 atom stereocenters. The largest absolute Gasteiger partial charge is 0.481 e. The quantitative estimate of drug-likeness (QED) is 0.573. The molecule has 0 saturated carbocycles. The Balaban J connectivity index is 3.16. The van der Waals surface area contributed by atoms with Crippen molar-refractivity contribution in [3.63, 3.8) is 0 Å². The minimum Gasteiger partial charge on any atom is -0.481 e. The van der Waals surface area contributed by atoms with Gasteiger partial charge >= 0.3 is 5.97 Å². The molecule has 4 heteroatoms. The molecule has 0 fully saturated rings. The van der Waals surface area contributed by atoms with Crippen LogP contribution in [0.5, 0.6) is 0 Å². The number of alkyl halides is 1. The third kappa shape index (κ3) is 5.59. The number of aliphatic carboxylic acids is 1. The second-order valence-electron chi connectivity index (χ2n) is 1.85. The second kappa shape index (κ2) is 4.58. The molecular weight excluding hydrogens is 142 g/mol. The van der Waals surface area contributed by atoms with Gasteiger partial charge < -0.3 is 10.8 Å². The molecule has 0 spiro atoms. The molecule has 0 aromatic rings. The number of carboxylic acid groups (broad SMARTS) is 1. The molecule has 0 saturated heterocycles. The Labute approximate surface area is 58.8 Å². The van der Waals surface area contributed by atoms with Crippen molar-refractivity contribution in [1.82, 2.24) is 0 Å². The van der Waals surface area contributed by atoms with Crippen LogP contribution in [0.25, 0.3) is 0 Å². The van der Waals surface area contributed by atoms with Gasteiger partial charge in [0.25, 0.3) is 0 Å². The third-order valence-corrected chi connectivity index (χ3v) is 1.32. The first-order valence-corrected chi connectivity index (χ1v) is 3.23. The molecule has 0 unspecified atom stereocenters. The molecule has 0 heterocycles. The Kier molecular flexibility index (Phi) is 4.44. The molecule has 9 heavy (non-hydrogen) atoms. The van der Waals surface area contributed by atoms with Gasteiger partial charge in [-0.2, -0.15) is 0 Å². The molecule has 0 aliphatic rings. The number of hydrogen-bond donors (Lipinski definition) is 2. The summed E-state index contributed by atoms with van der Waals surface area (Å²) in [5, 5.41) is 8.16. The molecule has 0 aromatic heterocycles. The first kappa shape index (κ1) is 8.72. The fraction of sp³-hybridized carbons (Fsp3) is 0.800.